The van der Waals surface area contributed by atoms with Crippen molar-refractivity contribution in [1.82, 2.24) is 9.66 Å². The van der Waals surface area contributed by atoms with Crippen LogP contribution in [0.3, 0.4) is 0 Å². The molecule has 0 radical (unpaired) electrons. The van der Waals surface area contributed by atoms with Gasteiger partial charge in [0.25, 0.3) is 11.5 Å². The highest BCUT2D eigenvalue weighted by atomic mass is 79.9. The van der Waals surface area contributed by atoms with E-state index in [0.29, 0.717) is 38.3 Å². The van der Waals surface area contributed by atoms with Gasteiger partial charge >= 0.3 is 0 Å². The van der Waals surface area contributed by atoms with Gasteiger partial charge in [-0.1, -0.05) is 44.2 Å². The second-order valence-electron chi connectivity index (χ2n) is 11.1. The Morgan fingerprint density at radius 1 is 0.978 bits per heavy atom. The summed E-state index contributed by atoms with van der Waals surface area (Å²) in [5.41, 5.74) is 5.23. The van der Waals surface area contributed by atoms with Gasteiger partial charge < -0.3 is 19.5 Å². The number of amides is 1. The van der Waals surface area contributed by atoms with Gasteiger partial charge in [-0.25, -0.2) is 4.98 Å². The summed E-state index contributed by atoms with van der Waals surface area (Å²) >= 11 is 3.55. The predicted molar refractivity (Wildman–Crippen MR) is 186 cm³/mol. The van der Waals surface area contributed by atoms with Crippen molar-refractivity contribution in [2.24, 2.45) is 5.10 Å². The van der Waals surface area contributed by atoms with Crippen molar-refractivity contribution in [3.05, 3.63) is 110 Å². The Hall–Kier alpha value is -4.96. The molecule has 236 valence electrons. The molecule has 0 aliphatic heterocycles. The summed E-state index contributed by atoms with van der Waals surface area (Å²) < 4.78 is 19.0. The van der Waals surface area contributed by atoms with Gasteiger partial charge in [-0.2, -0.15) is 9.78 Å². The van der Waals surface area contributed by atoms with E-state index in [2.05, 4.69) is 40.2 Å². The molecule has 1 heterocycles. The van der Waals surface area contributed by atoms with Crippen molar-refractivity contribution in [2.45, 2.75) is 33.6 Å². The standard InChI is InChI=1S/C36H35BrN4O5/c1-21(2)26-18-27(23(4)15-31(26)44-5)35-40-30-14-10-8-12-25(30)36(43)41(35)38-19-24-16-28(37)34(32(17-24)45-6)46-20-33(42)39-29-13-9-7-11-22(29)3/h7-19,21H,20H2,1-6H3,(H,39,42). The van der Waals surface area contributed by atoms with Crippen LogP contribution in [-0.2, 0) is 4.79 Å². The summed E-state index contributed by atoms with van der Waals surface area (Å²) in [6.07, 6.45) is 1.56. The summed E-state index contributed by atoms with van der Waals surface area (Å²) in [6, 6.07) is 22.2. The number of benzene rings is 4. The molecule has 1 aromatic heterocycles. The monoisotopic (exact) mass is 682 g/mol. The fourth-order valence-electron chi connectivity index (χ4n) is 5.09. The van der Waals surface area contributed by atoms with E-state index in [1.54, 1.807) is 37.6 Å². The second kappa shape index (κ2) is 14.0. The molecule has 10 heteroatoms. The van der Waals surface area contributed by atoms with Crippen molar-refractivity contribution < 1.29 is 19.0 Å². The summed E-state index contributed by atoms with van der Waals surface area (Å²) in [7, 11) is 3.16. The molecular formula is C36H35BrN4O5. The first-order valence-electron chi connectivity index (χ1n) is 14.7. The number of rotatable bonds is 10. The first-order valence-corrected chi connectivity index (χ1v) is 15.5. The number of methoxy groups -OCH3 is 2. The van der Waals surface area contributed by atoms with Crippen LogP contribution in [0.1, 0.15) is 42.0 Å². The third-order valence-corrected chi connectivity index (χ3v) is 8.12. The quantitative estimate of drug-likeness (QED) is 0.153. The lowest BCUT2D eigenvalue weighted by molar-refractivity contribution is -0.118. The number of para-hydroxylation sites is 2. The SMILES string of the molecule is COc1cc(C)c(-c2nc3ccccc3c(=O)n2N=Cc2cc(Br)c(OCC(=O)Nc3ccccc3C)c(OC)c2)cc1C(C)C. The summed E-state index contributed by atoms with van der Waals surface area (Å²) in [6.45, 7) is 7.83. The van der Waals surface area contributed by atoms with Crippen LogP contribution in [0.25, 0.3) is 22.3 Å². The number of nitrogens with one attached hydrogen (secondary N) is 1. The van der Waals surface area contributed by atoms with Crippen LogP contribution >= 0.6 is 15.9 Å². The molecule has 0 saturated carbocycles. The van der Waals surface area contributed by atoms with Crippen LogP contribution in [0.4, 0.5) is 5.69 Å². The summed E-state index contributed by atoms with van der Waals surface area (Å²) in [5.74, 6) is 1.81. The number of hydrogen-bond donors (Lipinski definition) is 1. The molecule has 1 amide bonds. The average Bonchev–Trinajstić information content (AvgIpc) is 3.04. The maximum absolute atomic E-state index is 13.8. The number of halogens is 1. The highest BCUT2D eigenvalue weighted by Gasteiger charge is 2.19. The van der Waals surface area contributed by atoms with Gasteiger partial charge in [0.2, 0.25) is 0 Å². The molecule has 4 aromatic carbocycles. The fraction of sp³-hybridized carbons (Fsp3) is 0.222. The average molecular weight is 684 g/mol. The first kappa shape index (κ1) is 32.4. The van der Waals surface area contributed by atoms with Crippen molar-refractivity contribution in [3.63, 3.8) is 0 Å². The van der Waals surface area contributed by atoms with Crippen LogP contribution < -0.4 is 25.1 Å². The smallest absolute Gasteiger partial charge is 0.282 e. The highest BCUT2D eigenvalue weighted by Crippen LogP contribution is 2.37. The third-order valence-electron chi connectivity index (χ3n) is 7.53. The zero-order chi connectivity index (χ0) is 33.0. The number of carbonyl (C=O) groups excluding carboxylic acids is 1. The van der Waals surface area contributed by atoms with Crippen molar-refractivity contribution in [3.8, 4) is 28.6 Å². The number of aromatic nitrogens is 2. The molecule has 9 nitrogen and oxygen atoms in total. The maximum atomic E-state index is 13.8. The minimum Gasteiger partial charge on any atom is -0.496 e. The van der Waals surface area contributed by atoms with E-state index < -0.39 is 0 Å². The topological polar surface area (TPSA) is 104 Å². The second-order valence-corrected chi connectivity index (χ2v) is 11.9. The Labute approximate surface area is 276 Å². The van der Waals surface area contributed by atoms with E-state index in [4.69, 9.17) is 19.2 Å². The molecule has 0 aliphatic carbocycles. The molecule has 0 atom stereocenters. The lowest BCUT2D eigenvalue weighted by Gasteiger charge is -2.17. The number of nitrogens with zero attached hydrogens (tertiary/aromatic N) is 3. The van der Waals surface area contributed by atoms with Gasteiger partial charge in [-0.05, 0) is 100 Å². The maximum Gasteiger partial charge on any atom is 0.282 e. The van der Waals surface area contributed by atoms with Gasteiger partial charge in [-0.15, -0.1) is 0 Å². The Morgan fingerprint density at radius 2 is 1.70 bits per heavy atom. The van der Waals surface area contributed by atoms with E-state index in [9.17, 15) is 9.59 Å². The van der Waals surface area contributed by atoms with Crippen LogP contribution in [-0.4, -0.2) is 42.6 Å². The van der Waals surface area contributed by atoms with Gasteiger partial charge in [-0.3, -0.25) is 9.59 Å². The Kier molecular flexibility index (Phi) is 9.87. The van der Waals surface area contributed by atoms with Crippen molar-refractivity contribution in [1.29, 1.82) is 0 Å². The van der Waals surface area contributed by atoms with Gasteiger partial charge in [0, 0.05) is 11.3 Å². The Morgan fingerprint density at radius 3 is 2.41 bits per heavy atom. The molecule has 0 unspecified atom stereocenters. The molecule has 0 bridgehead atoms. The van der Waals surface area contributed by atoms with Crippen molar-refractivity contribution >= 4 is 44.6 Å². The number of carbonyl (C=O) groups is 1. The molecule has 0 aliphatic rings. The minimum atomic E-state index is -0.306. The minimum absolute atomic E-state index is 0.178. The molecule has 0 fully saturated rings. The van der Waals surface area contributed by atoms with E-state index >= 15 is 0 Å². The molecule has 5 rings (SSSR count). The predicted octanol–water partition coefficient (Wildman–Crippen LogP) is 7.48. The van der Waals surface area contributed by atoms with E-state index in [-0.39, 0.29) is 24.0 Å². The number of fused-ring (bicyclic) bond motifs is 1. The van der Waals surface area contributed by atoms with Gasteiger partial charge in [0.1, 0.15) is 5.75 Å². The third kappa shape index (κ3) is 6.82. The molecule has 0 saturated heterocycles. The largest absolute Gasteiger partial charge is 0.496 e. The normalized spacial score (nSPS) is 11.3. The molecule has 5 aromatic rings. The molecule has 46 heavy (non-hydrogen) atoms. The number of aryl methyl sites for hydroxylation is 2. The Bertz CT molecular complexity index is 2020. The summed E-state index contributed by atoms with van der Waals surface area (Å²) in [5, 5.41) is 7.95. The van der Waals surface area contributed by atoms with E-state index in [1.165, 1.54) is 11.8 Å². The Balaban J connectivity index is 1.51. The fourth-order valence-corrected chi connectivity index (χ4v) is 5.66. The van der Waals surface area contributed by atoms with E-state index in [0.717, 1.165) is 33.7 Å². The van der Waals surface area contributed by atoms with Gasteiger partial charge in [0.05, 0.1) is 35.8 Å². The van der Waals surface area contributed by atoms with Crippen molar-refractivity contribution in [2.75, 3.05) is 26.1 Å². The lowest BCUT2D eigenvalue weighted by Crippen LogP contribution is -2.21. The van der Waals surface area contributed by atoms with Crippen LogP contribution in [0.5, 0.6) is 17.2 Å². The van der Waals surface area contributed by atoms with Crippen LogP contribution in [0.15, 0.2) is 87.2 Å². The van der Waals surface area contributed by atoms with Gasteiger partial charge in [0.15, 0.2) is 23.9 Å². The molecule has 0 spiro atoms. The number of ether oxygens (including phenoxy) is 3. The highest BCUT2D eigenvalue weighted by molar-refractivity contribution is 9.10. The number of anilines is 1. The summed E-state index contributed by atoms with van der Waals surface area (Å²) in [4.78, 5) is 31.3. The van der Waals surface area contributed by atoms with Crippen LogP contribution in [0, 0.1) is 13.8 Å². The van der Waals surface area contributed by atoms with E-state index in [1.807, 2.05) is 62.4 Å². The molecule has 1 N–H and O–H groups in total. The first-order chi connectivity index (χ1) is 22.1. The number of hydrogen-bond acceptors (Lipinski definition) is 7. The molecular weight excluding hydrogens is 648 g/mol. The zero-order valence-electron chi connectivity index (χ0n) is 26.6. The van der Waals surface area contributed by atoms with Crippen LogP contribution in [0.2, 0.25) is 0 Å². The zero-order valence-corrected chi connectivity index (χ0v) is 28.1. The lowest BCUT2D eigenvalue weighted by atomic mass is 9.96.